The lowest BCUT2D eigenvalue weighted by Crippen LogP contribution is -2.30. The SMILES string of the molecule is CC(C)CCOc1ccc(C(=O)NCCC(=O)[O-])cc1. The number of nitrogens with one attached hydrogen (secondary N) is 1. The zero-order chi connectivity index (χ0) is 15.0. The molecule has 0 aromatic heterocycles. The van der Waals surface area contributed by atoms with E-state index in [0.29, 0.717) is 18.1 Å². The van der Waals surface area contributed by atoms with Gasteiger partial charge in [0.1, 0.15) is 5.75 Å². The smallest absolute Gasteiger partial charge is 0.251 e. The number of ether oxygens (including phenoxy) is 1. The van der Waals surface area contributed by atoms with Crippen LogP contribution in [0, 0.1) is 5.92 Å². The van der Waals surface area contributed by atoms with E-state index < -0.39 is 5.97 Å². The fourth-order valence-corrected chi connectivity index (χ4v) is 1.50. The van der Waals surface area contributed by atoms with Crippen molar-refractivity contribution >= 4 is 11.9 Å². The van der Waals surface area contributed by atoms with Gasteiger partial charge < -0.3 is 20.0 Å². The first-order valence-corrected chi connectivity index (χ1v) is 6.70. The molecule has 5 nitrogen and oxygen atoms in total. The number of carbonyl (C=O) groups excluding carboxylic acids is 2. The molecule has 0 aliphatic carbocycles. The number of carboxylic acids is 1. The minimum Gasteiger partial charge on any atom is -0.550 e. The van der Waals surface area contributed by atoms with E-state index in [2.05, 4.69) is 19.2 Å². The van der Waals surface area contributed by atoms with Crippen LogP contribution in [0.3, 0.4) is 0 Å². The van der Waals surface area contributed by atoms with Crippen LogP contribution in [0.25, 0.3) is 0 Å². The van der Waals surface area contributed by atoms with E-state index in [-0.39, 0.29) is 18.9 Å². The monoisotopic (exact) mass is 278 g/mol. The molecule has 1 rings (SSSR count). The summed E-state index contributed by atoms with van der Waals surface area (Å²) in [5.41, 5.74) is 0.472. The molecule has 1 aromatic rings. The molecule has 0 saturated heterocycles. The van der Waals surface area contributed by atoms with Gasteiger partial charge in [0.15, 0.2) is 0 Å². The molecule has 0 fully saturated rings. The highest BCUT2D eigenvalue weighted by atomic mass is 16.5. The summed E-state index contributed by atoms with van der Waals surface area (Å²) in [6.45, 7) is 4.97. The third-order valence-electron chi connectivity index (χ3n) is 2.70. The fourth-order valence-electron chi connectivity index (χ4n) is 1.50. The topological polar surface area (TPSA) is 78.5 Å². The number of amides is 1. The van der Waals surface area contributed by atoms with Crippen molar-refractivity contribution in [1.29, 1.82) is 0 Å². The van der Waals surface area contributed by atoms with Crippen LogP contribution in [0.15, 0.2) is 24.3 Å². The Balaban J connectivity index is 2.41. The molecular weight excluding hydrogens is 258 g/mol. The molecule has 5 heteroatoms. The molecule has 0 bridgehead atoms. The maximum absolute atomic E-state index is 11.7. The first-order chi connectivity index (χ1) is 9.49. The standard InChI is InChI=1S/C15H21NO4/c1-11(2)8-10-20-13-5-3-12(4-6-13)15(19)16-9-7-14(17)18/h3-6,11H,7-10H2,1-2H3,(H,16,19)(H,17,18)/p-1. The molecule has 1 N–H and O–H groups in total. The zero-order valence-corrected chi connectivity index (χ0v) is 11.8. The summed E-state index contributed by atoms with van der Waals surface area (Å²) in [6.07, 6.45) is 0.785. The number of rotatable bonds is 8. The Morgan fingerprint density at radius 2 is 1.90 bits per heavy atom. The van der Waals surface area contributed by atoms with Crippen molar-refractivity contribution in [2.75, 3.05) is 13.2 Å². The molecule has 0 aliphatic heterocycles. The molecule has 110 valence electrons. The second-order valence-electron chi connectivity index (χ2n) is 4.93. The largest absolute Gasteiger partial charge is 0.550 e. The average molecular weight is 278 g/mol. The Kier molecular flexibility index (Phi) is 6.56. The van der Waals surface area contributed by atoms with E-state index in [0.717, 1.165) is 12.2 Å². The molecule has 0 atom stereocenters. The van der Waals surface area contributed by atoms with E-state index >= 15 is 0 Å². The molecule has 0 radical (unpaired) electrons. The van der Waals surface area contributed by atoms with Crippen LogP contribution >= 0.6 is 0 Å². The first-order valence-electron chi connectivity index (χ1n) is 6.70. The Morgan fingerprint density at radius 1 is 1.25 bits per heavy atom. The van der Waals surface area contributed by atoms with Crippen molar-refractivity contribution in [2.45, 2.75) is 26.7 Å². The number of hydrogen-bond donors (Lipinski definition) is 1. The lowest BCUT2D eigenvalue weighted by Gasteiger charge is -2.09. The van der Waals surface area contributed by atoms with E-state index in [9.17, 15) is 14.7 Å². The van der Waals surface area contributed by atoms with E-state index in [4.69, 9.17) is 4.74 Å². The summed E-state index contributed by atoms with van der Waals surface area (Å²) in [7, 11) is 0. The molecule has 1 aromatic carbocycles. The number of benzene rings is 1. The molecule has 0 aliphatic rings. The van der Waals surface area contributed by atoms with Gasteiger partial charge in [-0.2, -0.15) is 0 Å². The summed E-state index contributed by atoms with van der Waals surface area (Å²) in [5, 5.41) is 12.7. The Bertz CT molecular complexity index is 440. The number of aliphatic carboxylic acids is 1. The number of hydrogen-bond acceptors (Lipinski definition) is 4. The van der Waals surface area contributed by atoms with Crippen LogP contribution in [0.5, 0.6) is 5.75 Å². The fraction of sp³-hybridized carbons (Fsp3) is 0.467. The number of carbonyl (C=O) groups is 2. The third-order valence-corrected chi connectivity index (χ3v) is 2.70. The van der Waals surface area contributed by atoms with Crippen LogP contribution in [0.2, 0.25) is 0 Å². The highest BCUT2D eigenvalue weighted by Crippen LogP contribution is 2.13. The molecule has 0 unspecified atom stereocenters. The van der Waals surface area contributed by atoms with Crippen molar-refractivity contribution in [3.63, 3.8) is 0 Å². The maximum atomic E-state index is 11.7. The molecular formula is C15H20NO4-. The third kappa shape index (κ3) is 6.22. The molecule has 1 amide bonds. The summed E-state index contributed by atoms with van der Waals surface area (Å²) < 4.78 is 5.55. The van der Waals surface area contributed by atoms with Gasteiger partial charge in [0, 0.05) is 24.5 Å². The van der Waals surface area contributed by atoms with E-state index in [1.54, 1.807) is 24.3 Å². The van der Waals surface area contributed by atoms with Gasteiger partial charge >= 0.3 is 0 Å². The quantitative estimate of drug-likeness (QED) is 0.769. The van der Waals surface area contributed by atoms with Crippen molar-refractivity contribution in [3.8, 4) is 5.75 Å². The summed E-state index contributed by atoms with van der Waals surface area (Å²) in [6, 6.07) is 6.76. The zero-order valence-electron chi connectivity index (χ0n) is 11.8. The highest BCUT2D eigenvalue weighted by molar-refractivity contribution is 5.94. The van der Waals surface area contributed by atoms with Crippen molar-refractivity contribution in [3.05, 3.63) is 29.8 Å². The van der Waals surface area contributed by atoms with Gasteiger partial charge in [-0.05, 0) is 36.6 Å². The Labute approximate surface area is 118 Å². The predicted molar refractivity (Wildman–Crippen MR) is 73.3 cm³/mol. The first kappa shape index (κ1) is 16.0. The Morgan fingerprint density at radius 3 is 2.45 bits per heavy atom. The molecule has 20 heavy (non-hydrogen) atoms. The van der Waals surface area contributed by atoms with Gasteiger partial charge in [0.05, 0.1) is 6.61 Å². The summed E-state index contributed by atoms with van der Waals surface area (Å²) in [4.78, 5) is 21.9. The van der Waals surface area contributed by atoms with Crippen molar-refractivity contribution in [1.82, 2.24) is 5.32 Å². The van der Waals surface area contributed by atoms with Crippen LogP contribution in [-0.4, -0.2) is 25.0 Å². The average Bonchev–Trinajstić information content (AvgIpc) is 2.38. The van der Waals surface area contributed by atoms with Gasteiger partial charge in [-0.1, -0.05) is 13.8 Å². The maximum Gasteiger partial charge on any atom is 0.251 e. The number of carboxylic acid groups (broad SMARTS) is 1. The van der Waals surface area contributed by atoms with Crippen molar-refractivity contribution in [2.24, 2.45) is 5.92 Å². The van der Waals surface area contributed by atoms with Gasteiger partial charge in [-0.3, -0.25) is 4.79 Å². The van der Waals surface area contributed by atoms with Gasteiger partial charge in [-0.25, -0.2) is 0 Å². The second kappa shape index (κ2) is 8.19. The highest BCUT2D eigenvalue weighted by Gasteiger charge is 2.05. The lowest BCUT2D eigenvalue weighted by atomic mass is 10.1. The van der Waals surface area contributed by atoms with Gasteiger partial charge in [-0.15, -0.1) is 0 Å². The molecule has 0 spiro atoms. The van der Waals surface area contributed by atoms with Crippen molar-refractivity contribution < 1.29 is 19.4 Å². The predicted octanol–water partition coefficient (Wildman–Crippen LogP) is 0.981. The van der Waals surface area contributed by atoms with Gasteiger partial charge in [0.25, 0.3) is 5.91 Å². The minimum absolute atomic E-state index is 0.0633. The van der Waals surface area contributed by atoms with Crippen LogP contribution < -0.4 is 15.2 Å². The van der Waals surface area contributed by atoms with Crippen LogP contribution in [0.1, 0.15) is 37.0 Å². The lowest BCUT2D eigenvalue weighted by molar-refractivity contribution is -0.305. The molecule has 0 heterocycles. The minimum atomic E-state index is -1.18. The second-order valence-corrected chi connectivity index (χ2v) is 4.93. The normalized spacial score (nSPS) is 10.3. The van der Waals surface area contributed by atoms with Gasteiger partial charge in [0.2, 0.25) is 0 Å². The van der Waals surface area contributed by atoms with Crippen LogP contribution in [-0.2, 0) is 4.79 Å². The van der Waals surface area contributed by atoms with E-state index in [1.165, 1.54) is 0 Å². The summed E-state index contributed by atoms with van der Waals surface area (Å²) in [5.74, 6) is -0.181. The Hall–Kier alpha value is -2.04. The van der Waals surface area contributed by atoms with E-state index in [1.807, 2.05) is 0 Å². The molecule has 0 saturated carbocycles. The van der Waals surface area contributed by atoms with Crippen LogP contribution in [0.4, 0.5) is 0 Å². The summed E-state index contributed by atoms with van der Waals surface area (Å²) >= 11 is 0.